The van der Waals surface area contributed by atoms with Gasteiger partial charge in [-0.2, -0.15) is 0 Å². The average molecular weight is 251 g/mol. The lowest BCUT2D eigenvalue weighted by Gasteiger charge is -2.45. The normalized spacial score (nSPS) is 18.9. The number of unbranched alkanes of at least 4 members (excludes halogenated alkanes) is 1. The Bertz CT molecular complexity index is 295. The van der Waals surface area contributed by atoms with Crippen molar-refractivity contribution in [2.75, 3.05) is 0 Å². The van der Waals surface area contributed by atoms with Crippen LogP contribution in [0.3, 0.4) is 0 Å². The Labute approximate surface area is 108 Å². The van der Waals surface area contributed by atoms with Crippen LogP contribution in [0.25, 0.3) is 0 Å². The third kappa shape index (κ3) is 3.56. The summed E-state index contributed by atoms with van der Waals surface area (Å²) in [6, 6.07) is 0. The fraction of sp³-hybridized carbons (Fsp3) is 0.733. The zero-order chi connectivity index (χ0) is 13.2. The van der Waals surface area contributed by atoms with Crippen molar-refractivity contribution in [1.29, 1.82) is 0 Å². The summed E-state index contributed by atoms with van der Waals surface area (Å²) in [5.41, 5.74) is 0.208. The molecule has 1 rings (SSSR count). The molecule has 0 atom stereocenters. The molecule has 0 aromatic rings. The summed E-state index contributed by atoms with van der Waals surface area (Å²) in [5, 5.41) is 0.316. The Morgan fingerprint density at radius 3 is 2.06 bits per heavy atom. The Morgan fingerprint density at radius 2 is 1.65 bits per heavy atom. The molecule has 0 amide bonds. The van der Waals surface area contributed by atoms with E-state index in [9.17, 15) is 0 Å². The highest BCUT2D eigenvalue weighted by atomic mass is 28.3. The number of rotatable bonds is 5. The molecular weight excluding hydrogens is 222 g/mol. The molecule has 98 valence electrons. The maximum absolute atomic E-state index is 3.92. The molecule has 0 bridgehead atoms. The van der Waals surface area contributed by atoms with Gasteiger partial charge in [0.15, 0.2) is 0 Å². The van der Waals surface area contributed by atoms with Gasteiger partial charge >= 0.3 is 0 Å². The minimum atomic E-state index is -1.52. The van der Waals surface area contributed by atoms with Gasteiger partial charge < -0.3 is 4.98 Å². The highest BCUT2D eigenvalue weighted by molar-refractivity contribution is 6.79. The molecular formula is C15H29NSi. The van der Waals surface area contributed by atoms with Crippen LogP contribution in [0, 0.1) is 0 Å². The first-order valence-corrected chi connectivity index (χ1v) is 9.89. The largest absolute Gasteiger partial charge is 0.332 e. The molecule has 2 heteroatoms. The SMILES string of the molecule is CCCCC1([Si](C)(C)NC(C)(C)C)C=CC=C1. The van der Waals surface area contributed by atoms with Crippen molar-refractivity contribution in [2.45, 2.75) is 70.6 Å². The van der Waals surface area contributed by atoms with E-state index in [0.29, 0.717) is 5.04 Å². The second-order valence-corrected chi connectivity index (χ2v) is 11.3. The fourth-order valence-electron chi connectivity index (χ4n) is 2.93. The van der Waals surface area contributed by atoms with Gasteiger partial charge in [0.25, 0.3) is 0 Å². The molecule has 0 saturated carbocycles. The third-order valence-corrected chi connectivity index (χ3v) is 7.98. The molecule has 0 aromatic carbocycles. The molecule has 1 aliphatic carbocycles. The van der Waals surface area contributed by atoms with E-state index in [0.717, 1.165) is 0 Å². The van der Waals surface area contributed by atoms with E-state index in [1.54, 1.807) is 0 Å². The predicted octanol–water partition coefficient (Wildman–Crippen LogP) is 4.64. The standard InChI is InChI=1S/C15H29NSi/c1-7-8-11-15(12-9-10-13-15)17(5,6)16-14(2,3)4/h9-10,12-13,16H,7-8,11H2,1-6H3. The van der Waals surface area contributed by atoms with Crippen molar-refractivity contribution < 1.29 is 0 Å². The topological polar surface area (TPSA) is 12.0 Å². The highest BCUT2D eigenvalue weighted by Crippen LogP contribution is 2.47. The lowest BCUT2D eigenvalue weighted by Crippen LogP contribution is -2.60. The van der Waals surface area contributed by atoms with Gasteiger partial charge in [0, 0.05) is 10.6 Å². The summed E-state index contributed by atoms with van der Waals surface area (Å²) >= 11 is 0. The Morgan fingerprint density at radius 1 is 1.12 bits per heavy atom. The van der Waals surface area contributed by atoms with Crippen LogP contribution in [0.1, 0.15) is 47.0 Å². The smallest absolute Gasteiger partial charge is 0.133 e. The van der Waals surface area contributed by atoms with Crippen molar-refractivity contribution in [2.24, 2.45) is 0 Å². The molecule has 0 aromatic heterocycles. The van der Waals surface area contributed by atoms with Crippen molar-refractivity contribution >= 4 is 8.24 Å². The van der Waals surface area contributed by atoms with E-state index in [2.05, 4.69) is 70.1 Å². The van der Waals surface area contributed by atoms with Gasteiger partial charge in [-0.15, -0.1) is 0 Å². The number of allylic oxidation sites excluding steroid dienone is 4. The van der Waals surface area contributed by atoms with E-state index in [4.69, 9.17) is 0 Å². The van der Waals surface area contributed by atoms with Crippen LogP contribution < -0.4 is 4.98 Å². The molecule has 0 fully saturated rings. The first-order valence-electron chi connectivity index (χ1n) is 6.89. The monoisotopic (exact) mass is 251 g/mol. The van der Waals surface area contributed by atoms with Crippen LogP contribution in [0.15, 0.2) is 24.3 Å². The van der Waals surface area contributed by atoms with Crippen LogP contribution in [0.5, 0.6) is 0 Å². The van der Waals surface area contributed by atoms with Crippen molar-refractivity contribution in [3.63, 3.8) is 0 Å². The second-order valence-electron chi connectivity index (χ2n) is 6.86. The minimum Gasteiger partial charge on any atom is -0.332 e. The van der Waals surface area contributed by atoms with E-state index >= 15 is 0 Å². The zero-order valence-corrected chi connectivity index (χ0v) is 13.4. The fourth-order valence-corrected chi connectivity index (χ4v) is 6.86. The molecule has 17 heavy (non-hydrogen) atoms. The molecule has 0 radical (unpaired) electrons. The van der Waals surface area contributed by atoms with Gasteiger partial charge in [-0.05, 0) is 27.2 Å². The van der Waals surface area contributed by atoms with Crippen molar-refractivity contribution in [1.82, 2.24) is 4.98 Å². The molecule has 1 aliphatic rings. The zero-order valence-electron chi connectivity index (χ0n) is 12.4. The Hall–Kier alpha value is -0.343. The maximum atomic E-state index is 3.92. The summed E-state index contributed by atoms with van der Waals surface area (Å²) < 4.78 is 0. The van der Waals surface area contributed by atoms with Crippen LogP contribution >= 0.6 is 0 Å². The maximum Gasteiger partial charge on any atom is 0.133 e. The first kappa shape index (κ1) is 14.7. The second kappa shape index (κ2) is 5.11. The van der Waals surface area contributed by atoms with Gasteiger partial charge in [0.2, 0.25) is 0 Å². The first-order chi connectivity index (χ1) is 7.72. The van der Waals surface area contributed by atoms with Crippen LogP contribution in [0.4, 0.5) is 0 Å². The molecule has 1 nitrogen and oxygen atoms in total. The van der Waals surface area contributed by atoms with Gasteiger partial charge in [-0.1, -0.05) is 57.2 Å². The summed E-state index contributed by atoms with van der Waals surface area (Å²) in [4.78, 5) is 3.92. The average Bonchev–Trinajstić information content (AvgIpc) is 2.60. The van der Waals surface area contributed by atoms with Crippen molar-refractivity contribution in [3.8, 4) is 0 Å². The van der Waals surface area contributed by atoms with E-state index < -0.39 is 8.24 Å². The summed E-state index contributed by atoms with van der Waals surface area (Å²) in [7, 11) is -1.52. The quantitative estimate of drug-likeness (QED) is 0.702. The summed E-state index contributed by atoms with van der Waals surface area (Å²) in [5.74, 6) is 0. The van der Waals surface area contributed by atoms with Gasteiger partial charge in [-0.25, -0.2) is 0 Å². The molecule has 0 aliphatic heterocycles. The van der Waals surface area contributed by atoms with E-state index in [-0.39, 0.29) is 5.54 Å². The van der Waals surface area contributed by atoms with Crippen LogP contribution in [0.2, 0.25) is 18.1 Å². The molecule has 0 heterocycles. The summed E-state index contributed by atoms with van der Waals surface area (Å²) in [6.07, 6.45) is 13.2. The van der Waals surface area contributed by atoms with Crippen molar-refractivity contribution in [3.05, 3.63) is 24.3 Å². The molecule has 1 N–H and O–H groups in total. The van der Waals surface area contributed by atoms with Crippen LogP contribution in [-0.4, -0.2) is 13.8 Å². The highest BCUT2D eigenvalue weighted by Gasteiger charge is 2.45. The number of hydrogen-bond donors (Lipinski definition) is 1. The molecule has 0 unspecified atom stereocenters. The molecule has 0 spiro atoms. The van der Waals surface area contributed by atoms with Gasteiger partial charge in [0.1, 0.15) is 8.24 Å². The third-order valence-electron chi connectivity index (χ3n) is 3.69. The molecule has 0 saturated heterocycles. The minimum absolute atomic E-state index is 0.208. The Balaban J connectivity index is 2.90. The van der Waals surface area contributed by atoms with E-state index in [1.807, 2.05) is 0 Å². The summed E-state index contributed by atoms with van der Waals surface area (Å²) in [6.45, 7) is 14.0. The number of hydrogen-bond acceptors (Lipinski definition) is 1. The van der Waals surface area contributed by atoms with E-state index in [1.165, 1.54) is 19.3 Å². The predicted molar refractivity (Wildman–Crippen MR) is 80.9 cm³/mol. The van der Waals surface area contributed by atoms with Gasteiger partial charge in [-0.3, -0.25) is 0 Å². The Kier molecular flexibility index (Phi) is 4.42. The lowest BCUT2D eigenvalue weighted by molar-refractivity contribution is 0.495. The number of nitrogens with one attached hydrogen (secondary N) is 1. The van der Waals surface area contributed by atoms with Crippen LogP contribution in [-0.2, 0) is 0 Å². The van der Waals surface area contributed by atoms with Gasteiger partial charge in [0.05, 0.1) is 0 Å². The lowest BCUT2D eigenvalue weighted by atomic mass is 10.0.